The van der Waals surface area contributed by atoms with E-state index >= 15 is 0 Å². The van der Waals surface area contributed by atoms with Gasteiger partial charge in [-0.3, -0.25) is 0 Å². The molecule has 2 aromatic rings. The van der Waals surface area contributed by atoms with E-state index in [4.69, 9.17) is 4.74 Å². The van der Waals surface area contributed by atoms with E-state index in [9.17, 15) is 4.39 Å². The average molecular weight is 222 g/mol. The Labute approximate surface area is 91.8 Å². The third-order valence-corrected chi connectivity index (χ3v) is 2.04. The molecule has 0 atom stereocenters. The van der Waals surface area contributed by atoms with Crippen LogP contribution in [-0.2, 0) is 13.7 Å². The van der Waals surface area contributed by atoms with E-state index in [-0.39, 0.29) is 12.4 Å². The van der Waals surface area contributed by atoms with Gasteiger partial charge in [0.1, 0.15) is 11.6 Å². The first-order valence-corrected chi connectivity index (χ1v) is 4.77. The fourth-order valence-electron chi connectivity index (χ4n) is 1.30. The van der Waals surface area contributed by atoms with Gasteiger partial charge in [-0.2, -0.15) is 4.80 Å². The molecule has 0 aliphatic carbocycles. The monoisotopic (exact) mass is 222 g/mol. The van der Waals surface area contributed by atoms with Crippen LogP contribution in [0.1, 0.15) is 11.4 Å². The quantitative estimate of drug-likeness (QED) is 0.784. The van der Waals surface area contributed by atoms with Crippen LogP contribution in [0.3, 0.4) is 0 Å². The number of halogens is 1. The predicted octanol–water partition coefficient (Wildman–Crippen LogP) is 1.24. The molecule has 1 heterocycles. The Balaban J connectivity index is 2.04. The van der Waals surface area contributed by atoms with Gasteiger partial charge in [-0.25, -0.2) is 4.39 Å². The molecule has 0 fully saturated rings. The lowest BCUT2D eigenvalue weighted by Gasteiger charge is -2.06. The van der Waals surface area contributed by atoms with Gasteiger partial charge in [0.05, 0.1) is 7.05 Å². The molecule has 0 N–H and O–H groups in total. The Hall–Kier alpha value is -1.98. The maximum absolute atomic E-state index is 12.8. The van der Waals surface area contributed by atoms with E-state index < -0.39 is 0 Å². The van der Waals surface area contributed by atoms with Crippen LogP contribution >= 0.6 is 0 Å². The second kappa shape index (κ2) is 4.26. The highest BCUT2D eigenvalue weighted by molar-refractivity contribution is 5.32. The van der Waals surface area contributed by atoms with Crippen LogP contribution in [0.25, 0.3) is 0 Å². The summed E-state index contributed by atoms with van der Waals surface area (Å²) in [5.74, 6) is 0.836. The Morgan fingerprint density at radius 1 is 1.44 bits per heavy atom. The summed E-state index contributed by atoms with van der Waals surface area (Å²) in [7, 11) is 1.68. The Bertz CT molecular complexity index is 497. The van der Waals surface area contributed by atoms with Gasteiger partial charge in [-0.05, 0) is 35.9 Å². The maximum atomic E-state index is 12.8. The highest BCUT2D eigenvalue weighted by atomic mass is 19.1. The van der Waals surface area contributed by atoms with Crippen molar-refractivity contribution in [1.82, 2.24) is 20.2 Å². The van der Waals surface area contributed by atoms with Gasteiger partial charge < -0.3 is 4.74 Å². The second-order valence-corrected chi connectivity index (χ2v) is 3.39. The van der Waals surface area contributed by atoms with Crippen molar-refractivity contribution in [2.75, 3.05) is 0 Å². The van der Waals surface area contributed by atoms with Crippen LogP contribution in [0.15, 0.2) is 18.2 Å². The molecular weight excluding hydrogens is 211 g/mol. The zero-order chi connectivity index (χ0) is 11.5. The smallest absolute Gasteiger partial charge is 0.212 e. The van der Waals surface area contributed by atoms with Crippen molar-refractivity contribution in [1.29, 1.82) is 0 Å². The molecule has 2 rings (SSSR count). The van der Waals surface area contributed by atoms with Crippen LogP contribution in [0.5, 0.6) is 5.75 Å². The first-order valence-electron chi connectivity index (χ1n) is 4.77. The van der Waals surface area contributed by atoms with Crippen molar-refractivity contribution in [2.24, 2.45) is 7.05 Å². The zero-order valence-corrected chi connectivity index (χ0v) is 9.01. The molecule has 0 saturated heterocycles. The van der Waals surface area contributed by atoms with Gasteiger partial charge in [0.25, 0.3) is 0 Å². The van der Waals surface area contributed by atoms with E-state index in [1.54, 1.807) is 20.0 Å². The van der Waals surface area contributed by atoms with E-state index in [1.165, 1.54) is 16.9 Å². The summed E-state index contributed by atoms with van der Waals surface area (Å²) in [6.07, 6.45) is 0. The van der Waals surface area contributed by atoms with Crippen LogP contribution in [-0.4, -0.2) is 20.2 Å². The molecule has 84 valence electrons. The molecule has 0 saturated carbocycles. The number of aromatic nitrogens is 4. The molecule has 1 aromatic carbocycles. The summed E-state index contributed by atoms with van der Waals surface area (Å²) >= 11 is 0. The van der Waals surface area contributed by atoms with Gasteiger partial charge in [0.2, 0.25) is 5.82 Å². The molecule has 0 unspecified atom stereocenters. The highest BCUT2D eigenvalue weighted by Gasteiger charge is 2.04. The van der Waals surface area contributed by atoms with Gasteiger partial charge in [0, 0.05) is 0 Å². The molecule has 0 amide bonds. The number of tetrazole rings is 1. The lowest BCUT2D eigenvalue weighted by molar-refractivity contribution is 0.293. The van der Waals surface area contributed by atoms with Crippen molar-refractivity contribution in [3.8, 4) is 5.75 Å². The summed E-state index contributed by atoms with van der Waals surface area (Å²) in [6, 6.07) is 4.35. The zero-order valence-electron chi connectivity index (χ0n) is 9.01. The maximum Gasteiger partial charge on any atom is 0.212 e. The summed E-state index contributed by atoms with van der Waals surface area (Å²) < 4.78 is 18.3. The third kappa shape index (κ3) is 2.33. The normalized spacial score (nSPS) is 10.4. The molecule has 0 aliphatic heterocycles. The summed E-state index contributed by atoms with van der Waals surface area (Å²) in [6.45, 7) is 2.00. The first-order chi connectivity index (χ1) is 7.65. The van der Waals surface area contributed by atoms with Crippen LogP contribution in [0, 0.1) is 12.7 Å². The number of hydrogen-bond acceptors (Lipinski definition) is 4. The minimum absolute atomic E-state index is 0.223. The average Bonchev–Trinajstić information content (AvgIpc) is 2.63. The first kappa shape index (κ1) is 10.5. The highest BCUT2D eigenvalue weighted by Crippen LogP contribution is 2.18. The van der Waals surface area contributed by atoms with Crippen LogP contribution in [0.4, 0.5) is 4.39 Å². The minimum atomic E-state index is -0.275. The molecule has 1 aromatic heterocycles. The fourth-order valence-corrected chi connectivity index (χ4v) is 1.30. The third-order valence-electron chi connectivity index (χ3n) is 2.04. The van der Waals surface area contributed by atoms with Crippen LogP contribution < -0.4 is 4.74 Å². The number of hydrogen-bond donors (Lipinski definition) is 0. The fraction of sp³-hybridized carbons (Fsp3) is 0.300. The molecule has 0 spiro atoms. The Morgan fingerprint density at radius 3 is 2.88 bits per heavy atom. The van der Waals surface area contributed by atoms with E-state index in [0.29, 0.717) is 11.6 Å². The van der Waals surface area contributed by atoms with Gasteiger partial charge in [-0.15, -0.1) is 10.2 Å². The molecule has 0 bridgehead atoms. The predicted molar refractivity (Wildman–Crippen MR) is 54.3 cm³/mol. The van der Waals surface area contributed by atoms with Gasteiger partial charge in [0.15, 0.2) is 6.61 Å². The Morgan fingerprint density at radius 2 is 2.25 bits per heavy atom. The minimum Gasteiger partial charge on any atom is -0.485 e. The van der Waals surface area contributed by atoms with Gasteiger partial charge in [-0.1, -0.05) is 0 Å². The summed E-state index contributed by atoms with van der Waals surface area (Å²) in [5.41, 5.74) is 0.740. The van der Waals surface area contributed by atoms with Crippen molar-refractivity contribution in [3.63, 3.8) is 0 Å². The van der Waals surface area contributed by atoms with Crippen LogP contribution in [0.2, 0.25) is 0 Å². The molecular formula is C10H11FN4O. The lowest BCUT2D eigenvalue weighted by Crippen LogP contribution is -2.00. The standard InChI is InChI=1S/C10H11FN4O/c1-7-5-8(11)3-4-9(7)16-6-10-12-14-15(2)13-10/h3-5H,6H2,1-2H3. The van der Waals surface area contributed by atoms with E-state index in [1.807, 2.05) is 0 Å². The topological polar surface area (TPSA) is 52.8 Å². The van der Waals surface area contributed by atoms with Crippen molar-refractivity contribution in [3.05, 3.63) is 35.4 Å². The van der Waals surface area contributed by atoms with Gasteiger partial charge >= 0.3 is 0 Å². The number of nitrogens with zero attached hydrogens (tertiary/aromatic N) is 4. The molecule has 5 nitrogen and oxygen atoms in total. The van der Waals surface area contributed by atoms with Crippen molar-refractivity contribution < 1.29 is 9.13 Å². The molecule has 0 aliphatic rings. The van der Waals surface area contributed by atoms with E-state index in [2.05, 4.69) is 15.4 Å². The SMILES string of the molecule is Cc1cc(F)ccc1OCc1nnn(C)n1. The molecule has 16 heavy (non-hydrogen) atoms. The summed E-state index contributed by atoms with van der Waals surface area (Å²) in [5, 5.41) is 11.4. The second-order valence-electron chi connectivity index (χ2n) is 3.39. The number of rotatable bonds is 3. The van der Waals surface area contributed by atoms with Crippen molar-refractivity contribution >= 4 is 0 Å². The lowest BCUT2D eigenvalue weighted by atomic mass is 10.2. The largest absolute Gasteiger partial charge is 0.485 e. The number of ether oxygens (including phenoxy) is 1. The molecule has 6 heteroatoms. The molecule has 0 radical (unpaired) electrons. The Kier molecular flexibility index (Phi) is 2.80. The van der Waals surface area contributed by atoms with Crippen molar-refractivity contribution in [2.45, 2.75) is 13.5 Å². The van der Waals surface area contributed by atoms with E-state index in [0.717, 1.165) is 5.56 Å². The number of benzene rings is 1. The number of aryl methyl sites for hydroxylation is 2. The summed E-state index contributed by atoms with van der Waals surface area (Å²) in [4.78, 5) is 1.36.